The van der Waals surface area contributed by atoms with E-state index < -0.39 is 0 Å². The number of carbonyl (C=O) groups is 1. The molecule has 0 radical (unpaired) electrons. The smallest absolute Gasteiger partial charge is 0.318 e. The Morgan fingerprint density at radius 2 is 2.11 bits per heavy atom. The Balaban J connectivity index is 1.45. The number of benzene rings is 1. The Morgan fingerprint density at radius 3 is 2.86 bits per heavy atom. The molecule has 2 unspecified atom stereocenters. The first-order valence-corrected chi connectivity index (χ1v) is 10.6. The van der Waals surface area contributed by atoms with E-state index in [1.807, 2.05) is 30.0 Å². The van der Waals surface area contributed by atoms with Gasteiger partial charge in [-0.3, -0.25) is 0 Å². The van der Waals surface area contributed by atoms with Gasteiger partial charge in [-0.2, -0.15) is 0 Å². The highest BCUT2D eigenvalue weighted by atomic mass is 32.1. The van der Waals surface area contributed by atoms with Gasteiger partial charge in [0.15, 0.2) is 11.5 Å². The van der Waals surface area contributed by atoms with Gasteiger partial charge in [-0.15, -0.1) is 11.3 Å². The van der Waals surface area contributed by atoms with E-state index in [4.69, 9.17) is 14.5 Å². The van der Waals surface area contributed by atoms with Crippen LogP contribution in [0.1, 0.15) is 68.9 Å². The Hall–Kier alpha value is -2.28. The number of nitrogens with one attached hydrogen (secondary N) is 1. The zero-order chi connectivity index (χ0) is 19.9. The molecule has 4 rings (SSSR count). The van der Waals surface area contributed by atoms with Crippen molar-refractivity contribution in [3.63, 3.8) is 0 Å². The van der Waals surface area contributed by atoms with Gasteiger partial charge in [0, 0.05) is 17.3 Å². The maximum atomic E-state index is 13.0. The molecule has 0 bridgehead atoms. The average molecular weight is 402 g/mol. The number of carbonyl (C=O) groups excluding carboxylic acids is 1. The second-order valence-corrected chi connectivity index (χ2v) is 9.35. The summed E-state index contributed by atoms with van der Waals surface area (Å²) >= 11 is 1.60. The van der Waals surface area contributed by atoms with Crippen LogP contribution in [-0.2, 0) is 5.41 Å². The minimum Gasteiger partial charge on any atom is -0.454 e. The molecule has 1 aromatic carbocycles. The lowest BCUT2D eigenvalue weighted by atomic mass is 9.93. The number of urea groups is 1. The van der Waals surface area contributed by atoms with Gasteiger partial charge in [0.1, 0.15) is 5.01 Å². The summed E-state index contributed by atoms with van der Waals surface area (Å²) in [5, 5.41) is 6.16. The zero-order valence-corrected chi connectivity index (χ0v) is 17.6. The summed E-state index contributed by atoms with van der Waals surface area (Å²) in [6.45, 7) is 9.45. The number of nitrogens with zero attached hydrogens (tertiary/aromatic N) is 2. The average Bonchev–Trinajstić information content (AvgIpc) is 3.39. The highest BCUT2D eigenvalue weighted by Gasteiger charge is 2.32. The number of hydrogen-bond acceptors (Lipinski definition) is 5. The largest absolute Gasteiger partial charge is 0.454 e. The Kier molecular flexibility index (Phi) is 4.95. The number of amides is 2. The van der Waals surface area contributed by atoms with Crippen LogP contribution in [0.5, 0.6) is 11.5 Å². The molecule has 7 heteroatoms. The molecule has 0 spiro atoms. The van der Waals surface area contributed by atoms with Gasteiger partial charge in [-0.25, -0.2) is 9.78 Å². The molecule has 28 heavy (non-hydrogen) atoms. The lowest BCUT2D eigenvalue weighted by Gasteiger charge is -2.27. The first kappa shape index (κ1) is 19.1. The quantitative estimate of drug-likeness (QED) is 0.804. The monoisotopic (exact) mass is 401 g/mol. The second-order valence-electron chi connectivity index (χ2n) is 8.46. The summed E-state index contributed by atoms with van der Waals surface area (Å²) < 4.78 is 10.9. The summed E-state index contributed by atoms with van der Waals surface area (Å²) in [6, 6.07) is 5.86. The van der Waals surface area contributed by atoms with Crippen molar-refractivity contribution in [1.29, 1.82) is 0 Å². The third kappa shape index (κ3) is 3.68. The van der Waals surface area contributed by atoms with Crippen LogP contribution in [0.4, 0.5) is 4.79 Å². The molecule has 2 aliphatic heterocycles. The Bertz CT molecular complexity index is 874. The van der Waals surface area contributed by atoms with Crippen LogP contribution in [0.25, 0.3) is 0 Å². The highest BCUT2D eigenvalue weighted by molar-refractivity contribution is 7.09. The van der Waals surface area contributed by atoms with Crippen LogP contribution >= 0.6 is 11.3 Å². The molecule has 2 amide bonds. The summed E-state index contributed by atoms with van der Waals surface area (Å²) in [4.78, 5) is 19.6. The molecular formula is C21H27N3O3S. The van der Waals surface area contributed by atoms with E-state index in [-0.39, 0.29) is 30.3 Å². The minimum absolute atomic E-state index is 0.0118. The number of hydrogen-bond donors (Lipinski definition) is 1. The van der Waals surface area contributed by atoms with Crippen molar-refractivity contribution >= 4 is 17.4 Å². The zero-order valence-electron chi connectivity index (χ0n) is 16.8. The predicted molar refractivity (Wildman–Crippen MR) is 109 cm³/mol. The van der Waals surface area contributed by atoms with E-state index in [9.17, 15) is 4.79 Å². The standard InChI is InChI=1S/C21H27N3O3S/c1-13(19-23-18(11-28-19)21(2,3)4)22-20(25)24-9-5-6-15(24)14-7-8-16-17(10-14)27-12-26-16/h7-8,10-11,13,15H,5-6,9,12H2,1-4H3,(H,22,25). The van der Waals surface area contributed by atoms with Crippen LogP contribution in [0.3, 0.4) is 0 Å². The molecule has 150 valence electrons. The van der Waals surface area contributed by atoms with Crippen LogP contribution in [0.2, 0.25) is 0 Å². The van der Waals surface area contributed by atoms with E-state index in [1.165, 1.54) is 0 Å². The third-order valence-corrected chi connectivity index (χ3v) is 6.32. The van der Waals surface area contributed by atoms with Crippen molar-refractivity contribution in [1.82, 2.24) is 15.2 Å². The van der Waals surface area contributed by atoms with E-state index >= 15 is 0 Å². The van der Waals surface area contributed by atoms with Gasteiger partial charge in [-0.05, 0) is 37.5 Å². The van der Waals surface area contributed by atoms with Crippen molar-refractivity contribution in [3.05, 3.63) is 39.8 Å². The molecule has 0 saturated carbocycles. The van der Waals surface area contributed by atoms with Gasteiger partial charge in [-0.1, -0.05) is 26.8 Å². The summed E-state index contributed by atoms with van der Waals surface area (Å²) in [5.74, 6) is 1.53. The van der Waals surface area contributed by atoms with Crippen LogP contribution in [0.15, 0.2) is 23.6 Å². The summed E-state index contributed by atoms with van der Waals surface area (Å²) in [6.07, 6.45) is 1.94. The fourth-order valence-corrected chi connectivity index (χ4v) is 4.69. The van der Waals surface area contributed by atoms with E-state index in [2.05, 4.69) is 31.5 Å². The molecule has 1 fully saturated rings. The first-order valence-electron chi connectivity index (χ1n) is 9.75. The molecule has 1 N–H and O–H groups in total. The maximum Gasteiger partial charge on any atom is 0.318 e. The molecule has 2 atom stereocenters. The fourth-order valence-electron chi connectivity index (χ4n) is 3.64. The molecule has 6 nitrogen and oxygen atoms in total. The van der Waals surface area contributed by atoms with Crippen molar-refractivity contribution in [2.24, 2.45) is 0 Å². The topological polar surface area (TPSA) is 63.7 Å². The molecule has 1 aromatic heterocycles. The van der Waals surface area contributed by atoms with E-state index in [1.54, 1.807) is 11.3 Å². The number of likely N-dealkylation sites (tertiary alicyclic amines) is 1. The predicted octanol–water partition coefficient (Wildman–Crippen LogP) is 4.78. The summed E-state index contributed by atoms with van der Waals surface area (Å²) in [5.41, 5.74) is 2.17. The molecular weight excluding hydrogens is 374 g/mol. The van der Waals surface area contributed by atoms with Crippen molar-refractivity contribution in [2.75, 3.05) is 13.3 Å². The van der Waals surface area contributed by atoms with Crippen LogP contribution in [-0.4, -0.2) is 29.3 Å². The molecule has 3 heterocycles. The normalized spacial score (nSPS) is 19.7. The Labute approximate surface area is 169 Å². The number of aromatic nitrogens is 1. The maximum absolute atomic E-state index is 13.0. The third-order valence-electron chi connectivity index (χ3n) is 5.30. The number of fused-ring (bicyclic) bond motifs is 1. The lowest BCUT2D eigenvalue weighted by Crippen LogP contribution is -2.40. The van der Waals surface area contributed by atoms with Gasteiger partial charge in [0.2, 0.25) is 6.79 Å². The van der Waals surface area contributed by atoms with E-state index in [0.717, 1.165) is 47.2 Å². The fraction of sp³-hybridized carbons (Fsp3) is 0.524. The number of rotatable bonds is 3. The molecule has 2 aliphatic rings. The summed E-state index contributed by atoms with van der Waals surface area (Å²) in [7, 11) is 0. The SMILES string of the molecule is CC(NC(=O)N1CCCC1c1ccc2c(c1)OCO2)c1nc(C(C)(C)C)cs1. The lowest BCUT2D eigenvalue weighted by molar-refractivity contribution is 0.173. The first-order chi connectivity index (χ1) is 13.3. The number of ether oxygens (including phenoxy) is 2. The Morgan fingerprint density at radius 1 is 1.32 bits per heavy atom. The van der Waals surface area contributed by atoms with Gasteiger partial charge in [0.05, 0.1) is 17.8 Å². The van der Waals surface area contributed by atoms with Crippen molar-refractivity contribution < 1.29 is 14.3 Å². The molecule has 1 saturated heterocycles. The van der Waals surface area contributed by atoms with Crippen LogP contribution in [0, 0.1) is 0 Å². The van der Waals surface area contributed by atoms with Crippen molar-refractivity contribution in [3.8, 4) is 11.5 Å². The van der Waals surface area contributed by atoms with Crippen molar-refractivity contribution in [2.45, 2.75) is 58.0 Å². The molecule has 2 aromatic rings. The second kappa shape index (κ2) is 7.28. The number of thiazole rings is 1. The van der Waals surface area contributed by atoms with Gasteiger partial charge >= 0.3 is 6.03 Å². The van der Waals surface area contributed by atoms with Crippen LogP contribution < -0.4 is 14.8 Å². The molecule has 0 aliphatic carbocycles. The minimum atomic E-state index is -0.119. The van der Waals surface area contributed by atoms with E-state index in [0.29, 0.717) is 0 Å². The van der Waals surface area contributed by atoms with Gasteiger partial charge < -0.3 is 19.7 Å². The highest BCUT2D eigenvalue weighted by Crippen LogP contribution is 2.39. The van der Waals surface area contributed by atoms with Gasteiger partial charge in [0.25, 0.3) is 0 Å².